The van der Waals surface area contributed by atoms with Crippen LogP contribution in [0.2, 0.25) is 5.28 Å². The minimum absolute atomic E-state index is 0.0729. The lowest BCUT2D eigenvalue weighted by Gasteiger charge is -2.20. The molecule has 0 aliphatic rings. The van der Waals surface area contributed by atoms with Gasteiger partial charge in [-0.3, -0.25) is 4.79 Å². The third-order valence-electron chi connectivity index (χ3n) is 2.19. The highest BCUT2D eigenvalue weighted by atomic mass is 35.5. The summed E-state index contributed by atoms with van der Waals surface area (Å²) < 4.78 is 0. The first-order valence-electron chi connectivity index (χ1n) is 4.98. The van der Waals surface area contributed by atoms with E-state index in [1.807, 2.05) is 0 Å². The number of nitrogens with zero attached hydrogens (tertiary/aromatic N) is 3. The molecule has 0 aromatic carbocycles. The standard InChI is InChI=1S/C9H15ClN6O/c1-9(2,5(11)17)4-13-8-15-6(10)14-7(12-3)16-8/h4H2,1-3H3,(H2,11,17)(H2,12,13,14,15,16). The number of hydrogen-bond donors (Lipinski definition) is 3. The van der Waals surface area contributed by atoms with Crippen LogP contribution < -0.4 is 16.4 Å². The van der Waals surface area contributed by atoms with Crippen molar-refractivity contribution in [1.29, 1.82) is 0 Å². The molecule has 0 radical (unpaired) electrons. The fourth-order valence-electron chi connectivity index (χ4n) is 0.928. The van der Waals surface area contributed by atoms with Crippen LogP contribution in [0, 0.1) is 5.41 Å². The van der Waals surface area contributed by atoms with Crippen LogP contribution in [0.15, 0.2) is 0 Å². The Morgan fingerprint density at radius 2 is 1.94 bits per heavy atom. The van der Waals surface area contributed by atoms with Gasteiger partial charge in [0.2, 0.25) is 23.1 Å². The summed E-state index contributed by atoms with van der Waals surface area (Å²) in [5, 5.41) is 5.72. The Kier molecular flexibility index (Phi) is 4.06. The molecule has 0 bridgehead atoms. The Labute approximate surface area is 104 Å². The van der Waals surface area contributed by atoms with E-state index in [-0.39, 0.29) is 5.28 Å². The van der Waals surface area contributed by atoms with Crippen molar-refractivity contribution < 1.29 is 4.79 Å². The van der Waals surface area contributed by atoms with Gasteiger partial charge >= 0.3 is 0 Å². The number of nitrogens with one attached hydrogen (secondary N) is 2. The summed E-state index contributed by atoms with van der Waals surface area (Å²) in [6, 6.07) is 0. The molecule has 17 heavy (non-hydrogen) atoms. The number of carbonyl (C=O) groups is 1. The number of primary amides is 1. The van der Waals surface area contributed by atoms with E-state index in [0.29, 0.717) is 18.4 Å². The van der Waals surface area contributed by atoms with E-state index in [2.05, 4.69) is 25.6 Å². The molecule has 1 aromatic heterocycles. The first-order chi connectivity index (χ1) is 7.85. The minimum atomic E-state index is -0.696. The molecule has 0 spiro atoms. The normalized spacial score (nSPS) is 11.1. The van der Waals surface area contributed by atoms with Crippen molar-refractivity contribution in [3.05, 3.63) is 5.28 Å². The largest absolute Gasteiger partial charge is 0.369 e. The third-order valence-corrected chi connectivity index (χ3v) is 2.36. The van der Waals surface area contributed by atoms with Gasteiger partial charge in [0.05, 0.1) is 5.41 Å². The minimum Gasteiger partial charge on any atom is -0.369 e. The molecule has 94 valence electrons. The van der Waals surface area contributed by atoms with Crippen molar-refractivity contribution in [1.82, 2.24) is 15.0 Å². The second-order valence-electron chi connectivity index (χ2n) is 4.10. The molecule has 0 fully saturated rings. The maximum absolute atomic E-state index is 11.1. The highest BCUT2D eigenvalue weighted by Crippen LogP contribution is 2.15. The second kappa shape index (κ2) is 5.13. The van der Waals surface area contributed by atoms with Gasteiger partial charge in [0.15, 0.2) is 0 Å². The van der Waals surface area contributed by atoms with Crippen LogP contribution in [0.25, 0.3) is 0 Å². The topological polar surface area (TPSA) is 106 Å². The zero-order chi connectivity index (χ0) is 13.1. The van der Waals surface area contributed by atoms with Crippen LogP contribution in [-0.4, -0.2) is 34.5 Å². The molecule has 7 nitrogen and oxygen atoms in total. The number of carbonyl (C=O) groups excluding carboxylic acids is 1. The van der Waals surface area contributed by atoms with E-state index in [1.165, 1.54) is 0 Å². The van der Waals surface area contributed by atoms with E-state index in [1.54, 1.807) is 20.9 Å². The highest BCUT2D eigenvalue weighted by molar-refractivity contribution is 6.28. The number of rotatable bonds is 5. The zero-order valence-electron chi connectivity index (χ0n) is 9.91. The molecule has 8 heteroatoms. The summed E-state index contributed by atoms with van der Waals surface area (Å²) >= 11 is 5.71. The fourth-order valence-corrected chi connectivity index (χ4v) is 1.09. The fraction of sp³-hybridized carbons (Fsp3) is 0.556. The highest BCUT2D eigenvalue weighted by Gasteiger charge is 2.25. The lowest BCUT2D eigenvalue weighted by Crippen LogP contribution is -2.37. The van der Waals surface area contributed by atoms with E-state index >= 15 is 0 Å². The molecule has 0 atom stereocenters. The Morgan fingerprint density at radius 3 is 2.47 bits per heavy atom. The van der Waals surface area contributed by atoms with Gasteiger partial charge in [-0.1, -0.05) is 0 Å². The predicted octanol–water partition coefficient (Wildman–Crippen LogP) is 0.490. The molecule has 1 heterocycles. The number of nitrogens with two attached hydrogens (primary N) is 1. The number of amides is 1. The first kappa shape index (κ1) is 13.4. The molecule has 0 saturated carbocycles. The van der Waals surface area contributed by atoms with Crippen molar-refractivity contribution in [3.8, 4) is 0 Å². The summed E-state index contributed by atoms with van der Waals surface area (Å²) in [5.74, 6) is 0.243. The van der Waals surface area contributed by atoms with Crippen LogP contribution in [0.3, 0.4) is 0 Å². The smallest absolute Gasteiger partial charge is 0.228 e. The van der Waals surface area contributed by atoms with Crippen molar-refractivity contribution in [3.63, 3.8) is 0 Å². The van der Waals surface area contributed by atoms with Crippen LogP contribution in [-0.2, 0) is 4.79 Å². The van der Waals surface area contributed by atoms with Crippen LogP contribution in [0.5, 0.6) is 0 Å². The Bertz CT molecular complexity index is 422. The lowest BCUT2D eigenvalue weighted by molar-refractivity contribution is -0.125. The molecule has 0 aliphatic heterocycles. The number of aromatic nitrogens is 3. The van der Waals surface area contributed by atoms with Gasteiger partial charge in [0, 0.05) is 13.6 Å². The zero-order valence-corrected chi connectivity index (χ0v) is 10.7. The molecule has 4 N–H and O–H groups in total. The second-order valence-corrected chi connectivity index (χ2v) is 4.44. The number of anilines is 2. The molecular weight excluding hydrogens is 244 g/mol. The average molecular weight is 259 g/mol. The summed E-state index contributed by atoms with van der Waals surface area (Å²) in [6.07, 6.45) is 0. The first-order valence-corrected chi connectivity index (χ1v) is 5.36. The number of hydrogen-bond acceptors (Lipinski definition) is 6. The van der Waals surface area contributed by atoms with Gasteiger partial charge in [-0.2, -0.15) is 15.0 Å². The SMILES string of the molecule is CNc1nc(Cl)nc(NCC(C)(C)C(N)=O)n1. The number of halogens is 1. The lowest BCUT2D eigenvalue weighted by atomic mass is 9.93. The summed E-state index contributed by atoms with van der Waals surface area (Å²) in [7, 11) is 1.67. The molecule has 0 unspecified atom stereocenters. The molecule has 0 aliphatic carbocycles. The van der Waals surface area contributed by atoms with Gasteiger partial charge in [-0.15, -0.1) is 0 Å². The van der Waals surface area contributed by atoms with Crippen molar-refractivity contribution >= 4 is 29.4 Å². The maximum Gasteiger partial charge on any atom is 0.228 e. The van der Waals surface area contributed by atoms with Crippen LogP contribution in [0.4, 0.5) is 11.9 Å². The van der Waals surface area contributed by atoms with Gasteiger partial charge < -0.3 is 16.4 Å². The summed E-state index contributed by atoms with van der Waals surface area (Å²) in [5.41, 5.74) is 4.55. The maximum atomic E-state index is 11.1. The van der Waals surface area contributed by atoms with Gasteiger partial charge in [-0.25, -0.2) is 0 Å². The van der Waals surface area contributed by atoms with Crippen molar-refractivity contribution in [2.75, 3.05) is 24.2 Å². The average Bonchev–Trinajstić information content (AvgIpc) is 2.25. The monoisotopic (exact) mass is 258 g/mol. The van der Waals surface area contributed by atoms with E-state index in [0.717, 1.165) is 0 Å². The quantitative estimate of drug-likeness (QED) is 0.710. The Morgan fingerprint density at radius 1 is 1.35 bits per heavy atom. The third kappa shape index (κ3) is 3.70. The van der Waals surface area contributed by atoms with Gasteiger partial charge in [0.25, 0.3) is 0 Å². The summed E-state index contributed by atoms with van der Waals surface area (Å²) in [4.78, 5) is 22.9. The van der Waals surface area contributed by atoms with E-state index < -0.39 is 11.3 Å². The molecule has 1 aromatic rings. The molecular formula is C9H15ClN6O. The van der Waals surface area contributed by atoms with Crippen LogP contribution >= 0.6 is 11.6 Å². The van der Waals surface area contributed by atoms with Crippen molar-refractivity contribution in [2.24, 2.45) is 11.1 Å². The van der Waals surface area contributed by atoms with Gasteiger partial charge in [-0.05, 0) is 25.4 Å². The predicted molar refractivity (Wildman–Crippen MR) is 65.8 cm³/mol. The molecule has 0 saturated heterocycles. The van der Waals surface area contributed by atoms with Gasteiger partial charge in [0.1, 0.15) is 0 Å². The summed E-state index contributed by atoms with van der Waals surface area (Å²) in [6.45, 7) is 3.76. The molecule has 1 rings (SSSR count). The Balaban J connectivity index is 2.76. The Hall–Kier alpha value is -1.63. The van der Waals surface area contributed by atoms with E-state index in [4.69, 9.17) is 17.3 Å². The molecule has 1 amide bonds. The van der Waals surface area contributed by atoms with Crippen LogP contribution in [0.1, 0.15) is 13.8 Å². The van der Waals surface area contributed by atoms with E-state index in [9.17, 15) is 4.79 Å². The van der Waals surface area contributed by atoms with Crippen molar-refractivity contribution in [2.45, 2.75) is 13.8 Å².